The van der Waals surface area contributed by atoms with Crippen molar-refractivity contribution in [1.82, 2.24) is 5.43 Å². The van der Waals surface area contributed by atoms with Crippen LogP contribution in [-0.2, 0) is 4.79 Å². The van der Waals surface area contributed by atoms with E-state index in [9.17, 15) is 9.59 Å². The van der Waals surface area contributed by atoms with Gasteiger partial charge in [0, 0.05) is 10.0 Å². The SMILES string of the molecule is O=C(Oc1ccc(Br)cc1/C=N\NC(=O)C(Oc1ccccc1)Oc1ccccc1)c1ccccc1. The Morgan fingerprint density at radius 1 is 0.778 bits per heavy atom. The molecule has 4 aromatic carbocycles. The van der Waals surface area contributed by atoms with Crippen molar-refractivity contribution >= 4 is 34.0 Å². The van der Waals surface area contributed by atoms with E-state index in [-0.39, 0.29) is 5.75 Å². The lowest BCUT2D eigenvalue weighted by Crippen LogP contribution is -2.40. The lowest BCUT2D eigenvalue weighted by Gasteiger charge is -2.18. The van der Waals surface area contributed by atoms with Crippen LogP contribution in [0, 0.1) is 0 Å². The minimum atomic E-state index is -1.30. The average Bonchev–Trinajstić information content (AvgIpc) is 2.91. The summed E-state index contributed by atoms with van der Waals surface area (Å²) in [7, 11) is 0. The fraction of sp³-hybridized carbons (Fsp3) is 0.0357. The molecule has 0 spiro atoms. The Labute approximate surface area is 216 Å². The van der Waals surface area contributed by atoms with Crippen molar-refractivity contribution in [2.45, 2.75) is 6.29 Å². The van der Waals surface area contributed by atoms with Crippen molar-refractivity contribution < 1.29 is 23.8 Å². The van der Waals surface area contributed by atoms with Crippen LogP contribution in [0.5, 0.6) is 17.2 Å². The highest BCUT2D eigenvalue weighted by atomic mass is 79.9. The second kappa shape index (κ2) is 12.3. The van der Waals surface area contributed by atoms with E-state index in [0.29, 0.717) is 22.6 Å². The van der Waals surface area contributed by atoms with Crippen LogP contribution in [0.25, 0.3) is 0 Å². The molecule has 4 aromatic rings. The number of halogens is 1. The maximum atomic E-state index is 12.9. The first-order valence-electron chi connectivity index (χ1n) is 10.9. The number of benzene rings is 4. The van der Waals surface area contributed by atoms with E-state index < -0.39 is 18.2 Å². The molecule has 36 heavy (non-hydrogen) atoms. The number of ether oxygens (including phenoxy) is 3. The predicted molar refractivity (Wildman–Crippen MR) is 139 cm³/mol. The maximum absolute atomic E-state index is 12.9. The van der Waals surface area contributed by atoms with Crippen molar-refractivity contribution in [3.05, 3.63) is 125 Å². The van der Waals surface area contributed by atoms with Gasteiger partial charge in [-0.1, -0.05) is 70.5 Å². The molecule has 0 saturated carbocycles. The summed E-state index contributed by atoms with van der Waals surface area (Å²) in [5.41, 5.74) is 3.31. The zero-order valence-electron chi connectivity index (χ0n) is 18.9. The molecule has 0 radical (unpaired) electrons. The molecule has 1 amide bonds. The van der Waals surface area contributed by atoms with Crippen LogP contribution in [0.4, 0.5) is 0 Å². The second-order valence-electron chi connectivity index (χ2n) is 7.37. The van der Waals surface area contributed by atoms with Gasteiger partial charge in [-0.25, -0.2) is 10.2 Å². The Morgan fingerprint density at radius 3 is 1.92 bits per heavy atom. The van der Waals surface area contributed by atoms with Crippen LogP contribution >= 0.6 is 15.9 Å². The lowest BCUT2D eigenvalue weighted by atomic mass is 10.2. The number of rotatable bonds is 9. The number of carbonyl (C=O) groups is 2. The van der Waals surface area contributed by atoms with Crippen molar-refractivity contribution in [2.75, 3.05) is 0 Å². The van der Waals surface area contributed by atoms with Gasteiger partial charge in [0.25, 0.3) is 0 Å². The molecule has 0 fully saturated rings. The van der Waals surface area contributed by atoms with Gasteiger partial charge in [0.1, 0.15) is 17.2 Å². The molecule has 0 unspecified atom stereocenters. The van der Waals surface area contributed by atoms with E-state index in [1.807, 2.05) is 18.2 Å². The summed E-state index contributed by atoms with van der Waals surface area (Å²) in [5.74, 6) is 0.0583. The van der Waals surface area contributed by atoms with Crippen LogP contribution < -0.4 is 19.6 Å². The van der Waals surface area contributed by atoms with Crippen molar-refractivity contribution in [3.63, 3.8) is 0 Å². The number of amides is 1. The van der Waals surface area contributed by atoms with Crippen LogP contribution in [0.15, 0.2) is 119 Å². The molecule has 1 N–H and O–H groups in total. The van der Waals surface area contributed by atoms with Gasteiger partial charge >= 0.3 is 18.2 Å². The number of nitrogens with one attached hydrogen (secondary N) is 1. The molecule has 0 heterocycles. The second-order valence-corrected chi connectivity index (χ2v) is 8.28. The van der Waals surface area contributed by atoms with Gasteiger partial charge in [0.05, 0.1) is 11.8 Å². The summed E-state index contributed by atoms with van der Waals surface area (Å²) >= 11 is 3.40. The van der Waals surface area contributed by atoms with Crippen molar-refractivity contribution in [2.24, 2.45) is 5.10 Å². The number of hydrogen-bond acceptors (Lipinski definition) is 6. The Kier molecular flexibility index (Phi) is 8.45. The lowest BCUT2D eigenvalue weighted by molar-refractivity contribution is -0.140. The summed E-state index contributed by atoms with van der Waals surface area (Å²) < 4.78 is 17.8. The van der Waals surface area contributed by atoms with E-state index in [2.05, 4.69) is 26.5 Å². The monoisotopic (exact) mass is 544 g/mol. The summed E-state index contributed by atoms with van der Waals surface area (Å²) in [6, 6.07) is 31.4. The number of esters is 1. The van der Waals surface area contributed by atoms with Gasteiger partial charge < -0.3 is 14.2 Å². The Balaban J connectivity index is 1.48. The molecule has 0 saturated heterocycles. The van der Waals surface area contributed by atoms with Crippen molar-refractivity contribution in [1.29, 1.82) is 0 Å². The third-order valence-corrected chi connectivity index (χ3v) is 5.24. The van der Waals surface area contributed by atoms with Gasteiger partial charge in [-0.3, -0.25) is 4.79 Å². The molecule has 0 aliphatic heterocycles. The first kappa shape index (κ1) is 24.7. The molecule has 0 atom stereocenters. The minimum absolute atomic E-state index is 0.280. The van der Waals surface area contributed by atoms with Crippen molar-refractivity contribution in [3.8, 4) is 17.2 Å². The van der Waals surface area contributed by atoms with Crippen LogP contribution in [-0.4, -0.2) is 24.4 Å². The normalized spacial score (nSPS) is 10.7. The quantitative estimate of drug-likeness (QED) is 0.0973. The van der Waals surface area contributed by atoms with Gasteiger partial charge in [-0.15, -0.1) is 0 Å². The summed E-state index contributed by atoms with van der Waals surface area (Å²) in [4.78, 5) is 25.4. The summed E-state index contributed by atoms with van der Waals surface area (Å²) in [6.45, 7) is 0. The molecule has 0 aliphatic rings. The fourth-order valence-electron chi connectivity index (χ4n) is 3.04. The number of nitrogens with zero attached hydrogens (tertiary/aromatic N) is 1. The fourth-order valence-corrected chi connectivity index (χ4v) is 3.42. The Hall–Kier alpha value is -4.43. The van der Waals surface area contributed by atoms with Gasteiger partial charge in [-0.05, 0) is 54.6 Å². The van der Waals surface area contributed by atoms with Crippen LogP contribution in [0.3, 0.4) is 0 Å². The van der Waals surface area contributed by atoms with E-state index in [1.54, 1.807) is 91.0 Å². The third kappa shape index (κ3) is 7.04. The number of carbonyl (C=O) groups excluding carboxylic acids is 2. The topological polar surface area (TPSA) is 86.2 Å². The van der Waals surface area contributed by atoms with E-state index in [4.69, 9.17) is 14.2 Å². The highest BCUT2D eigenvalue weighted by Crippen LogP contribution is 2.23. The first-order chi connectivity index (χ1) is 17.6. The Morgan fingerprint density at radius 2 is 1.33 bits per heavy atom. The zero-order chi connectivity index (χ0) is 25.2. The van der Waals surface area contributed by atoms with E-state index in [0.717, 1.165) is 4.47 Å². The number of hydrazone groups is 1. The van der Waals surface area contributed by atoms with Crippen LogP contribution in [0.2, 0.25) is 0 Å². The smallest absolute Gasteiger partial charge is 0.343 e. The molecule has 0 bridgehead atoms. The van der Waals surface area contributed by atoms with Gasteiger partial charge in [0.15, 0.2) is 0 Å². The summed E-state index contributed by atoms with van der Waals surface area (Å²) in [6.07, 6.45) is 0.0723. The van der Waals surface area contributed by atoms with E-state index in [1.165, 1.54) is 6.21 Å². The standard InChI is InChI=1S/C28H21BrN2O5/c29-22-16-17-25(36-27(33)20-10-4-1-5-11-20)21(18-22)19-30-31-26(32)28(34-23-12-6-2-7-13-23)35-24-14-8-3-9-15-24/h1-19,28H,(H,31,32)/b30-19-. The number of para-hydroxylation sites is 2. The van der Waals surface area contributed by atoms with Gasteiger partial charge in [-0.2, -0.15) is 5.10 Å². The molecule has 8 heteroatoms. The van der Waals surface area contributed by atoms with Gasteiger partial charge in [0.2, 0.25) is 0 Å². The van der Waals surface area contributed by atoms with Crippen LogP contribution in [0.1, 0.15) is 15.9 Å². The first-order valence-corrected chi connectivity index (χ1v) is 11.7. The highest BCUT2D eigenvalue weighted by molar-refractivity contribution is 9.10. The number of hydrogen-bond donors (Lipinski definition) is 1. The largest absolute Gasteiger partial charge is 0.446 e. The molecular weight excluding hydrogens is 524 g/mol. The molecular formula is C28H21BrN2O5. The Bertz CT molecular complexity index is 1290. The summed E-state index contributed by atoms with van der Waals surface area (Å²) in [5, 5.41) is 4.03. The molecule has 0 aromatic heterocycles. The zero-order valence-corrected chi connectivity index (χ0v) is 20.5. The molecule has 7 nitrogen and oxygen atoms in total. The highest BCUT2D eigenvalue weighted by Gasteiger charge is 2.22. The maximum Gasteiger partial charge on any atom is 0.343 e. The average molecular weight is 545 g/mol. The third-order valence-electron chi connectivity index (χ3n) is 4.75. The molecule has 0 aliphatic carbocycles. The molecule has 4 rings (SSSR count). The minimum Gasteiger partial charge on any atom is -0.446 e. The molecule has 180 valence electrons. The van der Waals surface area contributed by atoms with E-state index >= 15 is 0 Å². The predicted octanol–water partition coefficient (Wildman–Crippen LogP) is 5.60.